The molecule has 0 radical (unpaired) electrons. The average Bonchev–Trinajstić information content (AvgIpc) is 2.53. The van der Waals surface area contributed by atoms with Crippen molar-refractivity contribution in [2.24, 2.45) is 10.2 Å². The Labute approximate surface area is 81.4 Å². The highest BCUT2D eigenvalue weighted by molar-refractivity contribution is 7.80. The van der Waals surface area contributed by atoms with Crippen molar-refractivity contribution in [3.8, 4) is 0 Å². The van der Waals surface area contributed by atoms with Gasteiger partial charge in [0, 0.05) is 6.42 Å². The van der Waals surface area contributed by atoms with Gasteiger partial charge < -0.3 is 4.74 Å². The van der Waals surface area contributed by atoms with E-state index < -0.39 is 0 Å². The molecule has 0 bridgehead atoms. The molecule has 1 aliphatic heterocycles. The summed E-state index contributed by atoms with van der Waals surface area (Å²) in [6.07, 6.45) is 0.500. The maximum atomic E-state index is 5.16. The number of azo groups is 1. The Hall–Kier alpha value is -1.29. The Morgan fingerprint density at radius 3 is 2.69 bits per heavy atom. The number of hydrogen-bond acceptors (Lipinski definition) is 3. The highest BCUT2D eigenvalue weighted by Crippen LogP contribution is 2.13. The molecule has 2 rings (SSSR count). The predicted octanol–water partition coefficient (Wildman–Crippen LogP) is 2.32. The first-order valence-corrected chi connectivity index (χ1v) is 4.41. The minimum atomic E-state index is -0.227. The quantitative estimate of drug-likeness (QED) is 0.674. The van der Waals surface area contributed by atoms with Gasteiger partial charge in [0.2, 0.25) is 6.23 Å². The molecular weight excluding hydrogens is 184 g/mol. The third-order valence-electron chi connectivity index (χ3n) is 1.76. The number of thiocarbonyl (C=S) groups is 1. The molecule has 0 saturated heterocycles. The maximum Gasteiger partial charge on any atom is 0.304 e. The van der Waals surface area contributed by atoms with E-state index >= 15 is 0 Å². The van der Waals surface area contributed by atoms with Gasteiger partial charge in [-0.25, -0.2) is 0 Å². The van der Waals surface area contributed by atoms with E-state index in [0.29, 0.717) is 0 Å². The van der Waals surface area contributed by atoms with Gasteiger partial charge >= 0.3 is 5.17 Å². The van der Waals surface area contributed by atoms with Crippen LogP contribution in [0.3, 0.4) is 0 Å². The van der Waals surface area contributed by atoms with Gasteiger partial charge in [-0.3, -0.25) is 0 Å². The predicted molar refractivity (Wildman–Crippen MR) is 52.5 cm³/mol. The second-order valence-corrected chi connectivity index (χ2v) is 3.09. The fourth-order valence-corrected chi connectivity index (χ4v) is 1.33. The second-order valence-electron chi connectivity index (χ2n) is 2.74. The standard InChI is InChI=1S/C9H8N2OS/c13-9-11-10-8(12-9)6-7-4-2-1-3-5-7/h1-5,8H,6H2. The smallest absolute Gasteiger partial charge is 0.304 e. The Morgan fingerprint density at radius 1 is 1.31 bits per heavy atom. The van der Waals surface area contributed by atoms with Gasteiger partial charge in [-0.2, -0.15) is 0 Å². The van der Waals surface area contributed by atoms with Crippen LogP contribution in [0.5, 0.6) is 0 Å². The summed E-state index contributed by atoms with van der Waals surface area (Å²) in [7, 11) is 0. The van der Waals surface area contributed by atoms with E-state index in [1.165, 1.54) is 5.56 Å². The number of ether oxygens (including phenoxy) is 1. The van der Waals surface area contributed by atoms with Crippen molar-refractivity contribution in [2.75, 3.05) is 0 Å². The molecule has 0 fully saturated rings. The van der Waals surface area contributed by atoms with E-state index in [1.54, 1.807) is 0 Å². The number of hydrogen-bond donors (Lipinski definition) is 0. The van der Waals surface area contributed by atoms with Gasteiger partial charge in [-0.15, -0.1) is 10.2 Å². The summed E-state index contributed by atoms with van der Waals surface area (Å²) in [5.41, 5.74) is 1.18. The summed E-state index contributed by atoms with van der Waals surface area (Å²) in [5.74, 6) is 0. The zero-order valence-corrected chi connectivity index (χ0v) is 7.70. The molecular formula is C9H8N2OS. The number of benzene rings is 1. The molecule has 0 aliphatic carbocycles. The lowest BCUT2D eigenvalue weighted by molar-refractivity contribution is 0.222. The van der Waals surface area contributed by atoms with Crippen LogP contribution in [0.15, 0.2) is 40.6 Å². The van der Waals surface area contributed by atoms with E-state index in [-0.39, 0.29) is 11.4 Å². The zero-order valence-electron chi connectivity index (χ0n) is 6.88. The van der Waals surface area contributed by atoms with Crippen LogP contribution >= 0.6 is 12.2 Å². The highest BCUT2D eigenvalue weighted by Gasteiger charge is 2.16. The summed E-state index contributed by atoms with van der Waals surface area (Å²) < 4.78 is 5.16. The molecule has 1 aromatic carbocycles. The molecule has 0 aromatic heterocycles. The third-order valence-corrected chi connectivity index (χ3v) is 1.94. The van der Waals surface area contributed by atoms with E-state index in [1.807, 2.05) is 30.3 Å². The van der Waals surface area contributed by atoms with Gasteiger partial charge in [0.25, 0.3) is 0 Å². The summed E-state index contributed by atoms with van der Waals surface area (Å²) in [6.45, 7) is 0. The lowest BCUT2D eigenvalue weighted by Gasteiger charge is -2.05. The normalized spacial score (nSPS) is 20.3. The summed E-state index contributed by atoms with van der Waals surface area (Å²) in [4.78, 5) is 0. The molecule has 1 aromatic rings. The first kappa shape index (κ1) is 8.31. The van der Waals surface area contributed by atoms with Crippen molar-refractivity contribution in [1.82, 2.24) is 0 Å². The maximum absolute atomic E-state index is 5.16. The van der Waals surface area contributed by atoms with Crippen LogP contribution in [0.25, 0.3) is 0 Å². The van der Waals surface area contributed by atoms with Crippen LogP contribution in [0.2, 0.25) is 0 Å². The molecule has 0 spiro atoms. The average molecular weight is 192 g/mol. The number of nitrogens with zero attached hydrogens (tertiary/aromatic N) is 2. The van der Waals surface area contributed by atoms with Crippen LogP contribution in [0, 0.1) is 0 Å². The van der Waals surface area contributed by atoms with Crippen LogP contribution in [0.4, 0.5) is 0 Å². The van der Waals surface area contributed by atoms with E-state index in [0.717, 1.165) is 6.42 Å². The van der Waals surface area contributed by atoms with E-state index in [4.69, 9.17) is 17.0 Å². The minimum absolute atomic E-state index is 0.227. The van der Waals surface area contributed by atoms with Crippen LogP contribution in [-0.2, 0) is 11.2 Å². The molecule has 0 amide bonds. The first-order chi connectivity index (χ1) is 6.34. The molecule has 3 nitrogen and oxygen atoms in total. The molecule has 1 heterocycles. The van der Waals surface area contributed by atoms with Gasteiger partial charge in [0.15, 0.2) is 0 Å². The molecule has 66 valence electrons. The molecule has 1 atom stereocenters. The summed E-state index contributed by atoms with van der Waals surface area (Å²) in [6, 6.07) is 10.0. The molecule has 1 aliphatic rings. The SMILES string of the molecule is S=C1N=NC(Cc2ccccc2)O1. The Kier molecular flexibility index (Phi) is 2.31. The second kappa shape index (κ2) is 3.62. The largest absolute Gasteiger partial charge is 0.440 e. The third kappa shape index (κ3) is 2.09. The first-order valence-electron chi connectivity index (χ1n) is 4.00. The van der Waals surface area contributed by atoms with Gasteiger partial charge in [-0.05, 0) is 17.8 Å². The molecule has 13 heavy (non-hydrogen) atoms. The van der Waals surface area contributed by atoms with Crippen molar-refractivity contribution in [2.45, 2.75) is 12.6 Å². The van der Waals surface area contributed by atoms with Crippen molar-refractivity contribution in [3.05, 3.63) is 35.9 Å². The number of rotatable bonds is 2. The lowest BCUT2D eigenvalue weighted by Crippen LogP contribution is -2.09. The Balaban J connectivity index is 2.00. The molecule has 0 N–H and O–H groups in total. The summed E-state index contributed by atoms with van der Waals surface area (Å²) in [5, 5.41) is 7.76. The van der Waals surface area contributed by atoms with Crippen molar-refractivity contribution < 1.29 is 4.74 Å². The lowest BCUT2D eigenvalue weighted by atomic mass is 10.1. The Bertz CT molecular complexity index is 337. The minimum Gasteiger partial charge on any atom is -0.440 e. The van der Waals surface area contributed by atoms with Crippen LogP contribution < -0.4 is 0 Å². The topological polar surface area (TPSA) is 34.0 Å². The van der Waals surface area contributed by atoms with E-state index in [9.17, 15) is 0 Å². The highest BCUT2D eigenvalue weighted by atomic mass is 32.1. The van der Waals surface area contributed by atoms with Gasteiger partial charge in [0.1, 0.15) is 0 Å². The monoisotopic (exact) mass is 192 g/mol. The van der Waals surface area contributed by atoms with E-state index in [2.05, 4.69) is 10.2 Å². The molecule has 0 saturated carbocycles. The van der Waals surface area contributed by atoms with Gasteiger partial charge in [0.05, 0.1) is 0 Å². The van der Waals surface area contributed by atoms with Crippen molar-refractivity contribution in [3.63, 3.8) is 0 Å². The van der Waals surface area contributed by atoms with Crippen molar-refractivity contribution >= 4 is 17.4 Å². The van der Waals surface area contributed by atoms with Gasteiger partial charge in [-0.1, -0.05) is 30.3 Å². The molecule has 1 unspecified atom stereocenters. The fraction of sp³-hybridized carbons (Fsp3) is 0.222. The fourth-order valence-electron chi connectivity index (χ4n) is 1.17. The van der Waals surface area contributed by atoms with Crippen LogP contribution in [0.1, 0.15) is 5.56 Å². The summed E-state index contributed by atoms with van der Waals surface area (Å²) >= 11 is 4.73. The molecule has 4 heteroatoms. The Morgan fingerprint density at radius 2 is 2.08 bits per heavy atom. The zero-order chi connectivity index (χ0) is 9.10. The van der Waals surface area contributed by atoms with Crippen molar-refractivity contribution in [1.29, 1.82) is 0 Å². The van der Waals surface area contributed by atoms with Crippen LogP contribution in [-0.4, -0.2) is 11.4 Å².